The van der Waals surface area contributed by atoms with Crippen LogP contribution >= 0.6 is 11.6 Å². The third-order valence-corrected chi connectivity index (χ3v) is 6.86. The van der Waals surface area contributed by atoms with Gasteiger partial charge >= 0.3 is 0 Å². The number of methoxy groups -OCH3 is 3. The second-order valence-corrected chi connectivity index (χ2v) is 9.74. The molecular formula is C20H26ClN7O5S. The average molecular weight is 512 g/mol. The number of ether oxygens (including phenoxy) is 3. The summed E-state index contributed by atoms with van der Waals surface area (Å²) in [4.78, 5) is 12.5. The van der Waals surface area contributed by atoms with E-state index in [-0.39, 0.29) is 25.0 Å². The van der Waals surface area contributed by atoms with Crippen LogP contribution in [-0.2, 0) is 24.2 Å². The van der Waals surface area contributed by atoms with E-state index < -0.39 is 27.4 Å². The Bertz CT molecular complexity index is 1160. The fourth-order valence-corrected chi connectivity index (χ4v) is 4.55. The van der Waals surface area contributed by atoms with Gasteiger partial charge in [0.25, 0.3) is 0 Å². The van der Waals surface area contributed by atoms with E-state index in [0.29, 0.717) is 16.5 Å². The number of hydrogen-bond donors (Lipinski definition) is 1. The van der Waals surface area contributed by atoms with Crippen LogP contribution in [0.1, 0.15) is 24.9 Å². The molecule has 3 aromatic heterocycles. The largest absolute Gasteiger partial charge is 0.382 e. The molecule has 2 atom stereocenters. The average Bonchev–Trinajstić information content (AvgIpc) is 3.23. The van der Waals surface area contributed by atoms with Crippen LogP contribution in [0.15, 0.2) is 36.8 Å². The van der Waals surface area contributed by atoms with Gasteiger partial charge < -0.3 is 14.2 Å². The van der Waals surface area contributed by atoms with Crippen molar-refractivity contribution in [2.45, 2.75) is 24.3 Å². The molecular weight excluding hydrogens is 486 g/mol. The number of rotatable bonds is 12. The molecule has 184 valence electrons. The van der Waals surface area contributed by atoms with Gasteiger partial charge in [-0.3, -0.25) is 14.3 Å². The summed E-state index contributed by atoms with van der Waals surface area (Å²) >= 11 is 5.85. The van der Waals surface area contributed by atoms with Gasteiger partial charge in [0.05, 0.1) is 24.3 Å². The maximum absolute atomic E-state index is 13.3. The zero-order chi connectivity index (χ0) is 24.7. The third kappa shape index (κ3) is 5.85. The maximum Gasteiger partial charge on any atom is 0.240 e. The Labute approximate surface area is 202 Å². The third-order valence-electron chi connectivity index (χ3n) is 4.97. The number of nitrogens with zero attached hydrogens (tertiary/aromatic N) is 6. The summed E-state index contributed by atoms with van der Waals surface area (Å²) < 4.78 is 46.9. The van der Waals surface area contributed by atoms with Crippen molar-refractivity contribution in [3.63, 3.8) is 0 Å². The molecule has 0 saturated heterocycles. The van der Waals surface area contributed by atoms with Crippen LogP contribution in [0, 0.1) is 0 Å². The summed E-state index contributed by atoms with van der Waals surface area (Å²) in [6.45, 7) is 1.92. The van der Waals surface area contributed by atoms with Gasteiger partial charge in [-0.15, -0.1) is 10.2 Å². The summed E-state index contributed by atoms with van der Waals surface area (Å²) in [7, 11) is 0.400. The van der Waals surface area contributed by atoms with Crippen LogP contribution in [0.2, 0.25) is 5.02 Å². The first kappa shape index (κ1) is 25.9. The van der Waals surface area contributed by atoms with Gasteiger partial charge in [0.1, 0.15) is 17.0 Å². The van der Waals surface area contributed by atoms with E-state index in [9.17, 15) is 8.42 Å². The normalized spacial score (nSPS) is 13.7. The predicted molar refractivity (Wildman–Crippen MR) is 125 cm³/mol. The Kier molecular flexibility index (Phi) is 8.85. The predicted octanol–water partition coefficient (Wildman–Crippen LogP) is 2.14. The molecule has 2 unspecified atom stereocenters. The van der Waals surface area contributed by atoms with Crippen molar-refractivity contribution < 1.29 is 22.6 Å². The lowest BCUT2D eigenvalue weighted by Gasteiger charge is -2.24. The quantitative estimate of drug-likeness (QED) is 0.384. The second-order valence-electron chi connectivity index (χ2n) is 7.26. The van der Waals surface area contributed by atoms with E-state index in [0.717, 1.165) is 0 Å². The second kappa shape index (κ2) is 11.6. The van der Waals surface area contributed by atoms with E-state index >= 15 is 0 Å². The molecule has 0 bridgehead atoms. The topological polar surface area (TPSA) is 143 Å². The molecule has 0 fully saturated rings. The van der Waals surface area contributed by atoms with Crippen molar-refractivity contribution in [3.05, 3.63) is 47.6 Å². The molecule has 0 radical (unpaired) electrons. The van der Waals surface area contributed by atoms with E-state index in [4.69, 9.17) is 25.8 Å². The summed E-state index contributed by atoms with van der Waals surface area (Å²) in [6, 6.07) is 4.87. The number of nitrogens with one attached hydrogen (secondary N) is 1. The minimum absolute atomic E-state index is 0.0153. The molecule has 12 nitrogen and oxygen atoms in total. The first-order valence-corrected chi connectivity index (χ1v) is 12.1. The number of halogens is 1. The van der Waals surface area contributed by atoms with Gasteiger partial charge in [0.15, 0.2) is 11.6 Å². The van der Waals surface area contributed by atoms with E-state index in [1.165, 1.54) is 40.6 Å². The van der Waals surface area contributed by atoms with Gasteiger partial charge in [0.2, 0.25) is 16.0 Å². The molecule has 0 aliphatic rings. The lowest BCUT2D eigenvalue weighted by molar-refractivity contribution is 0.0907. The van der Waals surface area contributed by atoms with Crippen molar-refractivity contribution in [1.82, 2.24) is 29.7 Å². The number of hydrogen-bond acceptors (Lipinski definition) is 10. The van der Waals surface area contributed by atoms with Gasteiger partial charge in [-0.05, 0) is 19.1 Å². The van der Waals surface area contributed by atoms with Crippen molar-refractivity contribution in [2.75, 3.05) is 39.3 Å². The number of anilines is 1. The van der Waals surface area contributed by atoms with Crippen molar-refractivity contribution in [3.8, 4) is 11.5 Å². The molecule has 0 saturated carbocycles. The van der Waals surface area contributed by atoms with Crippen LogP contribution in [0.3, 0.4) is 0 Å². The smallest absolute Gasteiger partial charge is 0.240 e. The van der Waals surface area contributed by atoms with Crippen LogP contribution in [0.5, 0.6) is 0 Å². The number of pyridine rings is 1. The zero-order valence-corrected chi connectivity index (χ0v) is 20.7. The Hall–Kier alpha value is -2.71. The van der Waals surface area contributed by atoms with Gasteiger partial charge in [-0.1, -0.05) is 17.7 Å². The minimum Gasteiger partial charge on any atom is -0.382 e. The first-order valence-electron chi connectivity index (χ1n) is 10.2. The molecule has 3 aromatic rings. The lowest BCUT2D eigenvalue weighted by atomic mass is 10.2. The van der Waals surface area contributed by atoms with Gasteiger partial charge in [-0.25, -0.2) is 18.4 Å². The van der Waals surface area contributed by atoms with E-state index in [1.807, 2.05) is 0 Å². The highest BCUT2D eigenvalue weighted by Gasteiger charge is 2.35. The van der Waals surface area contributed by atoms with Crippen molar-refractivity contribution in [1.29, 1.82) is 0 Å². The van der Waals surface area contributed by atoms with Gasteiger partial charge in [-0.2, -0.15) is 0 Å². The monoisotopic (exact) mass is 511 g/mol. The molecule has 3 rings (SSSR count). The molecule has 0 aromatic carbocycles. The first-order chi connectivity index (χ1) is 16.3. The van der Waals surface area contributed by atoms with Crippen LogP contribution < -0.4 is 4.72 Å². The Morgan fingerprint density at radius 2 is 1.74 bits per heavy atom. The van der Waals surface area contributed by atoms with E-state index in [1.54, 1.807) is 29.0 Å². The SMILES string of the molecule is COCC(COC)n1c(NS(=O)(=O)C(C)C(OC)c2ncc(Cl)cn2)nnc1-c1ccccn1. The minimum atomic E-state index is -4.05. The summed E-state index contributed by atoms with van der Waals surface area (Å²) in [5.74, 6) is 0.518. The molecule has 0 spiro atoms. The highest BCUT2D eigenvalue weighted by atomic mass is 35.5. The van der Waals surface area contributed by atoms with Crippen LogP contribution in [0.4, 0.5) is 5.95 Å². The highest BCUT2D eigenvalue weighted by Crippen LogP contribution is 2.28. The summed E-state index contributed by atoms with van der Waals surface area (Å²) in [6.07, 6.45) is 3.39. The van der Waals surface area contributed by atoms with Crippen molar-refractivity contribution >= 4 is 27.6 Å². The number of sulfonamides is 1. The van der Waals surface area contributed by atoms with Gasteiger partial charge in [0, 0.05) is 39.9 Å². The molecule has 1 N–H and O–H groups in total. The maximum atomic E-state index is 13.3. The Balaban J connectivity index is 1.99. The van der Waals surface area contributed by atoms with Crippen molar-refractivity contribution in [2.24, 2.45) is 0 Å². The fraction of sp³-hybridized carbons (Fsp3) is 0.450. The molecule has 0 aliphatic heterocycles. The Morgan fingerprint density at radius 3 is 2.29 bits per heavy atom. The summed E-state index contributed by atoms with van der Waals surface area (Å²) in [5, 5.41) is 7.52. The van der Waals surface area contributed by atoms with Crippen LogP contribution in [-0.4, -0.2) is 77.9 Å². The lowest BCUT2D eigenvalue weighted by Crippen LogP contribution is -2.34. The molecule has 34 heavy (non-hydrogen) atoms. The van der Waals surface area contributed by atoms with Crippen LogP contribution in [0.25, 0.3) is 11.5 Å². The van der Waals surface area contributed by atoms with E-state index in [2.05, 4.69) is 29.9 Å². The Morgan fingerprint density at radius 1 is 1.06 bits per heavy atom. The number of aromatic nitrogens is 6. The highest BCUT2D eigenvalue weighted by molar-refractivity contribution is 7.93. The molecule has 14 heteroatoms. The molecule has 0 amide bonds. The molecule has 3 heterocycles. The summed E-state index contributed by atoms with van der Waals surface area (Å²) in [5.41, 5.74) is 0.509. The fourth-order valence-electron chi connectivity index (χ4n) is 3.32. The standard InChI is InChI=1S/C20H26ClN7O5S/c1-13(17(33-4)18-23-9-14(21)10-24-18)34(29,30)27-20-26-25-19(16-7-5-6-8-22-16)28(20)15(11-31-2)12-32-3/h5-10,13,15,17H,11-12H2,1-4H3,(H,26,27). The molecule has 0 aliphatic carbocycles. The zero-order valence-electron chi connectivity index (χ0n) is 19.1.